The molecule has 1 aromatic carbocycles. The molecule has 0 saturated heterocycles. The van der Waals surface area contributed by atoms with E-state index in [1.807, 2.05) is 42.6 Å². The third-order valence-corrected chi connectivity index (χ3v) is 6.04. The average molecular weight is 569 g/mol. The maximum Gasteiger partial charge on any atom is 0.219 e. The van der Waals surface area contributed by atoms with Gasteiger partial charge in [-0.3, -0.25) is 4.99 Å². The van der Waals surface area contributed by atoms with Gasteiger partial charge in [0.1, 0.15) is 11.5 Å². The van der Waals surface area contributed by atoms with E-state index >= 15 is 0 Å². The minimum atomic E-state index is 0. The van der Waals surface area contributed by atoms with Crippen LogP contribution >= 0.6 is 24.0 Å². The molecule has 33 heavy (non-hydrogen) atoms. The lowest BCUT2D eigenvalue weighted by molar-refractivity contribution is 0.105. The highest BCUT2D eigenvalue weighted by molar-refractivity contribution is 14.0. The number of hydrogen-bond donors (Lipinski definition) is 2. The van der Waals surface area contributed by atoms with Crippen LogP contribution in [0.5, 0.6) is 17.4 Å². The van der Waals surface area contributed by atoms with E-state index < -0.39 is 0 Å². The summed E-state index contributed by atoms with van der Waals surface area (Å²) in [6.45, 7) is 5.23. The van der Waals surface area contributed by atoms with Crippen LogP contribution in [0, 0.1) is 5.41 Å². The summed E-state index contributed by atoms with van der Waals surface area (Å²) >= 11 is 0. The van der Waals surface area contributed by atoms with E-state index in [2.05, 4.69) is 27.5 Å². The summed E-state index contributed by atoms with van der Waals surface area (Å²) in [7, 11) is 3.45. The van der Waals surface area contributed by atoms with Crippen molar-refractivity contribution in [3.05, 3.63) is 48.2 Å². The lowest BCUT2D eigenvalue weighted by Crippen LogP contribution is -2.43. The SMILES string of the molecule is CCOCCC1(CNC(=NC)NCc2ccc(Oc3ccc(OC)cc3)nc2)CCCC1.I. The number of pyridine rings is 1. The molecule has 1 heterocycles. The van der Waals surface area contributed by atoms with Crippen LogP contribution in [0.1, 0.15) is 44.6 Å². The van der Waals surface area contributed by atoms with Crippen molar-refractivity contribution in [3.8, 4) is 17.4 Å². The first-order valence-corrected chi connectivity index (χ1v) is 11.5. The van der Waals surface area contributed by atoms with Gasteiger partial charge < -0.3 is 24.8 Å². The molecule has 0 aliphatic heterocycles. The summed E-state index contributed by atoms with van der Waals surface area (Å²) in [5, 5.41) is 6.92. The van der Waals surface area contributed by atoms with Crippen molar-refractivity contribution in [2.75, 3.05) is 33.9 Å². The molecule has 0 bridgehead atoms. The highest BCUT2D eigenvalue weighted by Crippen LogP contribution is 2.40. The van der Waals surface area contributed by atoms with Gasteiger partial charge >= 0.3 is 0 Å². The minimum absolute atomic E-state index is 0. The largest absolute Gasteiger partial charge is 0.497 e. The average Bonchev–Trinajstić information content (AvgIpc) is 3.30. The van der Waals surface area contributed by atoms with E-state index in [0.29, 0.717) is 17.8 Å². The van der Waals surface area contributed by atoms with E-state index in [1.54, 1.807) is 14.2 Å². The van der Waals surface area contributed by atoms with Crippen LogP contribution in [0.4, 0.5) is 0 Å². The van der Waals surface area contributed by atoms with Crippen LogP contribution in [0.15, 0.2) is 47.6 Å². The van der Waals surface area contributed by atoms with Gasteiger partial charge in [0.15, 0.2) is 5.96 Å². The number of halogens is 1. The molecule has 0 atom stereocenters. The number of aromatic nitrogens is 1. The van der Waals surface area contributed by atoms with Gasteiger partial charge in [-0.05, 0) is 61.4 Å². The highest BCUT2D eigenvalue weighted by atomic mass is 127. The lowest BCUT2D eigenvalue weighted by atomic mass is 9.83. The van der Waals surface area contributed by atoms with Crippen molar-refractivity contribution < 1.29 is 14.2 Å². The topological polar surface area (TPSA) is 77.0 Å². The number of hydrogen-bond acceptors (Lipinski definition) is 5. The van der Waals surface area contributed by atoms with Crippen molar-refractivity contribution in [1.29, 1.82) is 0 Å². The Balaban J connectivity index is 0.00000385. The third kappa shape index (κ3) is 8.66. The number of aliphatic imine (C=N–C) groups is 1. The number of ether oxygens (including phenoxy) is 3. The first kappa shape index (κ1) is 27.2. The number of nitrogens with zero attached hydrogens (tertiary/aromatic N) is 2. The van der Waals surface area contributed by atoms with Gasteiger partial charge in [-0.2, -0.15) is 0 Å². The predicted octanol–water partition coefficient (Wildman–Crippen LogP) is 5.15. The Labute approximate surface area is 214 Å². The van der Waals surface area contributed by atoms with Gasteiger partial charge in [-0.25, -0.2) is 4.98 Å². The summed E-state index contributed by atoms with van der Waals surface area (Å²) in [6.07, 6.45) is 8.03. The fraction of sp³-hybridized carbons (Fsp3) is 0.520. The molecule has 8 heteroatoms. The molecular formula is C25H37IN4O3. The number of benzene rings is 1. The molecule has 1 aliphatic rings. The number of guanidine groups is 1. The zero-order valence-electron chi connectivity index (χ0n) is 19.9. The Morgan fingerprint density at radius 1 is 1.06 bits per heavy atom. The van der Waals surface area contributed by atoms with Crippen molar-refractivity contribution in [2.45, 2.75) is 45.6 Å². The zero-order valence-corrected chi connectivity index (χ0v) is 22.3. The van der Waals surface area contributed by atoms with Crippen molar-refractivity contribution in [3.63, 3.8) is 0 Å². The smallest absolute Gasteiger partial charge is 0.219 e. The van der Waals surface area contributed by atoms with Crippen LogP contribution in [0.3, 0.4) is 0 Å². The van der Waals surface area contributed by atoms with E-state index in [0.717, 1.165) is 49.2 Å². The summed E-state index contributed by atoms with van der Waals surface area (Å²) in [6, 6.07) is 11.3. The number of methoxy groups -OCH3 is 1. The van der Waals surface area contributed by atoms with E-state index in [4.69, 9.17) is 14.2 Å². The predicted molar refractivity (Wildman–Crippen MR) is 143 cm³/mol. The Morgan fingerprint density at radius 3 is 2.39 bits per heavy atom. The molecule has 1 fully saturated rings. The Hall–Kier alpha value is -2.07. The Morgan fingerprint density at radius 2 is 1.79 bits per heavy atom. The van der Waals surface area contributed by atoms with Gasteiger partial charge in [0.25, 0.3) is 0 Å². The molecule has 2 N–H and O–H groups in total. The van der Waals surface area contributed by atoms with Crippen LogP contribution in [0.2, 0.25) is 0 Å². The fourth-order valence-electron chi connectivity index (χ4n) is 4.09. The van der Waals surface area contributed by atoms with Crippen LogP contribution in [0.25, 0.3) is 0 Å². The van der Waals surface area contributed by atoms with E-state index in [9.17, 15) is 0 Å². The Bertz CT molecular complexity index is 838. The molecule has 1 saturated carbocycles. The minimum Gasteiger partial charge on any atom is -0.497 e. The molecule has 1 aliphatic carbocycles. The fourth-order valence-corrected chi connectivity index (χ4v) is 4.09. The van der Waals surface area contributed by atoms with Gasteiger partial charge in [-0.15, -0.1) is 24.0 Å². The van der Waals surface area contributed by atoms with Crippen molar-refractivity contribution >= 4 is 29.9 Å². The molecule has 3 rings (SSSR count). The second-order valence-corrected chi connectivity index (χ2v) is 8.22. The number of rotatable bonds is 11. The first-order valence-electron chi connectivity index (χ1n) is 11.5. The monoisotopic (exact) mass is 568 g/mol. The second-order valence-electron chi connectivity index (χ2n) is 8.22. The molecule has 1 aromatic heterocycles. The lowest BCUT2D eigenvalue weighted by Gasteiger charge is -2.30. The quantitative estimate of drug-likeness (QED) is 0.169. The third-order valence-electron chi connectivity index (χ3n) is 6.04. The second kappa shape index (κ2) is 14.2. The molecular weight excluding hydrogens is 531 g/mol. The molecule has 0 spiro atoms. The molecule has 0 radical (unpaired) electrons. The highest BCUT2D eigenvalue weighted by Gasteiger charge is 2.33. The normalized spacial score (nSPS) is 14.9. The number of nitrogens with one attached hydrogen (secondary N) is 2. The maximum absolute atomic E-state index is 5.79. The molecule has 182 valence electrons. The summed E-state index contributed by atoms with van der Waals surface area (Å²) in [5.41, 5.74) is 1.37. The standard InChI is InChI=1S/C25H36N4O3.HI/c1-4-31-16-15-25(13-5-6-14-25)19-29-24(26-2)28-18-20-7-12-23(27-17-20)32-22-10-8-21(30-3)9-11-22;/h7-12,17H,4-6,13-16,18-19H2,1-3H3,(H2,26,28,29);1H. The molecule has 7 nitrogen and oxygen atoms in total. The summed E-state index contributed by atoms with van der Waals surface area (Å²) in [4.78, 5) is 8.80. The van der Waals surface area contributed by atoms with Gasteiger partial charge in [0.05, 0.1) is 7.11 Å². The first-order chi connectivity index (χ1) is 15.7. The van der Waals surface area contributed by atoms with Crippen molar-refractivity contribution in [1.82, 2.24) is 15.6 Å². The van der Waals surface area contributed by atoms with Crippen molar-refractivity contribution in [2.24, 2.45) is 10.4 Å². The van der Waals surface area contributed by atoms with E-state index in [-0.39, 0.29) is 24.0 Å². The van der Waals surface area contributed by atoms with Crippen LogP contribution in [-0.4, -0.2) is 44.9 Å². The summed E-state index contributed by atoms with van der Waals surface area (Å²) in [5.74, 6) is 2.88. The maximum atomic E-state index is 5.79. The molecule has 0 amide bonds. The van der Waals surface area contributed by atoms with Gasteiger partial charge in [0, 0.05) is 45.6 Å². The van der Waals surface area contributed by atoms with Crippen LogP contribution < -0.4 is 20.1 Å². The zero-order chi connectivity index (χ0) is 22.7. The molecule has 2 aromatic rings. The van der Waals surface area contributed by atoms with Crippen LogP contribution in [-0.2, 0) is 11.3 Å². The van der Waals surface area contributed by atoms with Gasteiger partial charge in [0.2, 0.25) is 5.88 Å². The Kier molecular flexibility index (Phi) is 11.7. The van der Waals surface area contributed by atoms with E-state index in [1.165, 1.54) is 25.7 Å². The summed E-state index contributed by atoms with van der Waals surface area (Å²) < 4.78 is 16.6. The van der Waals surface area contributed by atoms with Gasteiger partial charge in [-0.1, -0.05) is 18.9 Å². The molecule has 0 unspecified atom stereocenters.